The van der Waals surface area contributed by atoms with Gasteiger partial charge in [0.1, 0.15) is 6.04 Å². The van der Waals surface area contributed by atoms with Gasteiger partial charge < -0.3 is 9.67 Å². The molecule has 0 aliphatic carbocycles. The Balaban J connectivity index is 1.71. The molecule has 5 rings (SSSR count). The number of halogens is 2. The number of benzene rings is 4. The molecule has 0 saturated heterocycles. The van der Waals surface area contributed by atoms with Gasteiger partial charge in [0.05, 0.1) is 21.8 Å². The number of hydrogen-bond donors (Lipinski definition) is 1. The summed E-state index contributed by atoms with van der Waals surface area (Å²) >= 11 is 12.3. The molecule has 200 valence electrons. The molecule has 0 amide bonds. The lowest BCUT2D eigenvalue weighted by Gasteiger charge is -2.37. The molecular formula is C30H26Cl2N2O4S. The van der Waals surface area contributed by atoms with Gasteiger partial charge in [0.2, 0.25) is 0 Å². The van der Waals surface area contributed by atoms with Crippen LogP contribution in [0.2, 0.25) is 10.0 Å². The molecule has 1 heterocycles. The predicted molar refractivity (Wildman–Crippen MR) is 158 cm³/mol. The van der Waals surface area contributed by atoms with E-state index in [1.165, 1.54) is 18.2 Å². The van der Waals surface area contributed by atoms with E-state index < -0.39 is 27.4 Å². The fraction of sp³-hybridized carbons (Fsp3) is 0.167. The van der Waals surface area contributed by atoms with Crippen LogP contribution in [-0.2, 0) is 14.8 Å². The lowest BCUT2D eigenvalue weighted by molar-refractivity contribution is -0.140. The average Bonchev–Trinajstić information content (AvgIpc) is 3.28. The maximum absolute atomic E-state index is 14.1. The van der Waals surface area contributed by atoms with Gasteiger partial charge in [0, 0.05) is 27.0 Å². The highest BCUT2D eigenvalue weighted by molar-refractivity contribution is 7.93. The topological polar surface area (TPSA) is 79.6 Å². The second kappa shape index (κ2) is 9.90. The third kappa shape index (κ3) is 4.98. The molecule has 0 bridgehead atoms. The number of sulfonamides is 1. The summed E-state index contributed by atoms with van der Waals surface area (Å²) in [6.45, 7) is 5.07. The Kier molecular flexibility index (Phi) is 6.87. The Hall–Kier alpha value is -3.52. The summed E-state index contributed by atoms with van der Waals surface area (Å²) in [5.74, 6) is -1.27. The number of carboxylic acids is 1. The van der Waals surface area contributed by atoms with E-state index in [4.69, 9.17) is 23.2 Å². The highest BCUT2D eigenvalue weighted by Gasteiger charge is 2.43. The Morgan fingerprint density at radius 1 is 0.872 bits per heavy atom. The summed E-state index contributed by atoms with van der Waals surface area (Å²) in [5.41, 5.74) is 1.09. The summed E-state index contributed by atoms with van der Waals surface area (Å²) in [5, 5.41) is 13.4. The van der Waals surface area contributed by atoms with Crippen molar-refractivity contribution in [2.24, 2.45) is 5.41 Å². The van der Waals surface area contributed by atoms with Gasteiger partial charge in [-0.1, -0.05) is 80.4 Å². The van der Waals surface area contributed by atoms with Crippen molar-refractivity contribution in [1.82, 2.24) is 4.57 Å². The number of nitrogens with zero attached hydrogens (tertiary/aromatic N) is 2. The summed E-state index contributed by atoms with van der Waals surface area (Å²) in [7, 11) is -4.39. The van der Waals surface area contributed by atoms with Crippen LogP contribution in [0, 0.1) is 5.41 Å². The van der Waals surface area contributed by atoms with Crippen molar-refractivity contribution in [3.05, 3.63) is 101 Å². The Morgan fingerprint density at radius 3 is 2.21 bits per heavy atom. The molecule has 4 aromatic carbocycles. The lowest BCUT2D eigenvalue weighted by Crippen LogP contribution is -2.52. The van der Waals surface area contributed by atoms with Crippen LogP contribution in [0.25, 0.3) is 27.4 Å². The largest absolute Gasteiger partial charge is 0.480 e. The first-order chi connectivity index (χ1) is 18.4. The van der Waals surface area contributed by atoms with E-state index in [9.17, 15) is 18.3 Å². The van der Waals surface area contributed by atoms with Gasteiger partial charge in [-0.15, -0.1) is 0 Å². The molecule has 1 unspecified atom stereocenters. The van der Waals surface area contributed by atoms with Crippen LogP contribution in [0.15, 0.2) is 96.0 Å². The average molecular weight is 582 g/mol. The molecule has 39 heavy (non-hydrogen) atoms. The van der Waals surface area contributed by atoms with E-state index in [1.807, 2.05) is 59.3 Å². The predicted octanol–water partition coefficient (Wildman–Crippen LogP) is 7.79. The first-order valence-electron chi connectivity index (χ1n) is 12.2. The molecule has 0 aliphatic heterocycles. The van der Waals surface area contributed by atoms with Crippen LogP contribution in [0.1, 0.15) is 20.8 Å². The molecule has 6 nitrogen and oxygen atoms in total. The van der Waals surface area contributed by atoms with Gasteiger partial charge in [-0.3, -0.25) is 4.31 Å². The Labute approximate surface area is 237 Å². The van der Waals surface area contributed by atoms with Crippen LogP contribution >= 0.6 is 23.2 Å². The highest BCUT2D eigenvalue weighted by Crippen LogP contribution is 2.37. The molecule has 1 aromatic heterocycles. The van der Waals surface area contributed by atoms with Crippen LogP contribution in [0.3, 0.4) is 0 Å². The van der Waals surface area contributed by atoms with E-state index in [0.29, 0.717) is 0 Å². The minimum atomic E-state index is -4.39. The third-order valence-corrected chi connectivity index (χ3v) is 8.84. The number of hydrogen-bond acceptors (Lipinski definition) is 3. The van der Waals surface area contributed by atoms with Crippen LogP contribution in [-0.4, -0.2) is 30.1 Å². The van der Waals surface area contributed by atoms with E-state index >= 15 is 0 Å². The van der Waals surface area contributed by atoms with Crippen molar-refractivity contribution in [3.63, 3.8) is 0 Å². The van der Waals surface area contributed by atoms with Crippen molar-refractivity contribution in [3.8, 4) is 5.69 Å². The molecule has 0 radical (unpaired) electrons. The number of rotatable bonds is 6. The van der Waals surface area contributed by atoms with Crippen LogP contribution in [0.5, 0.6) is 0 Å². The molecule has 0 saturated carbocycles. The number of carbonyl (C=O) groups is 1. The van der Waals surface area contributed by atoms with Gasteiger partial charge >= 0.3 is 5.97 Å². The number of carboxylic acid groups (broad SMARTS) is 1. The SMILES string of the molecule is CC(C)(C)C(C(=O)O)N(c1ccc2c(ccn2-c2cccc3ccccc23)c1)S(=O)(=O)c1cc(Cl)cc(Cl)c1. The number of anilines is 1. The highest BCUT2D eigenvalue weighted by atomic mass is 35.5. The number of fused-ring (bicyclic) bond motifs is 2. The zero-order chi connectivity index (χ0) is 28.1. The molecule has 1 atom stereocenters. The second-order valence-electron chi connectivity index (χ2n) is 10.4. The van der Waals surface area contributed by atoms with Gasteiger partial charge in [0.25, 0.3) is 10.0 Å². The first kappa shape index (κ1) is 27.1. The van der Waals surface area contributed by atoms with Crippen molar-refractivity contribution in [2.75, 3.05) is 4.31 Å². The van der Waals surface area contributed by atoms with E-state index in [2.05, 4.69) is 6.07 Å². The minimum Gasteiger partial charge on any atom is -0.480 e. The van der Waals surface area contributed by atoms with Gasteiger partial charge in [-0.2, -0.15) is 0 Å². The summed E-state index contributed by atoms with van der Waals surface area (Å²) in [4.78, 5) is 12.4. The second-order valence-corrected chi connectivity index (χ2v) is 13.1. The van der Waals surface area contributed by atoms with E-state index in [0.717, 1.165) is 31.7 Å². The normalized spacial score (nSPS) is 13.1. The minimum absolute atomic E-state index is 0.131. The summed E-state index contributed by atoms with van der Waals surface area (Å²) in [6.07, 6.45) is 1.92. The smallest absolute Gasteiger partial charge is 0.328 e. The van der Waals surface area contributed by atoms with Crippen molar-refractivity contribution >= 4 is 66.6 Å². The fourth-order valence-electron chi connectivity index (χ4n) is 4.94. The van der Waals surface area contributed by atoms with E-state index in [1.54, 1.807) is 32.9 Å². The standard InChI is InChI=1S/C30H26Cl2N2O4S/c1-30(2,3)28(29(35)36)34(39(37,38)24-17-21(31)16-22(32)18-24)23-11-12-26-20(15-23)13-14-33(26)27-10-6-8-19-7-4-5-9-25(19)27/h4-18,28H,1-3H3,(H,35,36). The van der Waals surface area contributed by atoms with Crippen molar-refractivity contribution < 1.29 is 18.3 Å². The maximum Gasteiger partial charge on any atom is 0.328 e. The number of aliphatic carboxylic acids is 1. The fourth-order valence-corrected chi connectivity index (χ4v) is 7.44. The van der Waals surface area contributed by atoms with Crippen molar-refractivity contribution in [2.45, 2.75) is 31.7 Å². The summed E-state index contributed by atoms with van der Waals surface area (Å²) in [6, 6.07) is 23.7. The summed E-state index contributed by atoms with van der Waals surface area (Å²) < 4.78 is 31.2. The number of aromatic nitrogens is 1. The van der Waals surface area contributed by atoms with Gasteiger partial charge in [-0.25, -0.2) is 13.2 Å². The molecule has 0 spiro atoms. The monoisotopic (exact) mass is 580 g/mol. The molecular weight excluding hydrogens is 555 g/mol. The third-order valence-electron chi connectivity index (χ3n) is 6.64. The van der Waals surface area contributed by atoms with E-state index in [-0.39, 0.29) is 20.6 Å². The zero-order valence-corrected chi connectivity index (χ0v) is 23.8. The maximum atomic E-state index is 14.1. The quantitative estimate of drug-likeness (QED) is 0.222. The molecule has 0 aliphatic rings. The Morgan fingerprint density at radius 2 is 1.54 bits per heavy atom. The molecule has 5 aromatic rings. The zero-order valence-electron chi connectivity index (χ0n) is 21.5. The Bertz CT molecular complexity index is 1820. The first-order valence-corrected chi connectivity index (χ1v) is 14.4. The molecule has 0 fully saturated rings. The van der Waals surface area contributed by atoms with Gasteiger partial charge in [0.15, 0.2) is 0 Å². The van der Waals surface area contributed by atoms with Crippen LogP contribution in [0.4, 0.5) is 5.69 Å². The molecule has 1 N–H and O–H groups in total. The molecule has 9 heteroatoms. The van der Waals surface area contributed by atoms with Gasteiger partial charge in [-0.05, 0) is 59.3 Å². The van der Waals surface area contributed by atoms with Crippen molar-refractivity contribution in [1.29, 1.82) is 0 Å². The lowest BCUT2D eigenvalue weighted by atomic mass is 9.86. The van der Waals surface area contributed by atoms with Crippen LogP contribution < -0.4 is 4.31 Å².